The number of benzene rings is 1. The lowest BCUT2D eigenvalue weighted by atomic mass is 9.73. The molecule has 1 atom stereocenters. The molecule has 26 heavy (non-hydrogen) atoms. The van der Waals surface area contributed by atoms with E-state index in [0.717, 1.165) is 25.3 Å². The summed E-state index contributed by atoms with van der Waals surface area (Å²) in [6.45, 7) is 2.48. The lowest BCUT2D eigenvalue weighted by molar-refractivity contribution is -0.123. The number of hydrogen-bond acceptors (Lipinski definition) is 2. The molecule has 0 radical (unpaired) electrons. The largest absolute Gasteiger partial charge is 0.349 e. The van der Waals surface area contributed by atoms with Crippen LogP contribution >= 0.6 is 0 Å². The Balaban J connectivity index is 1.32. The molecule has 1 aliphatic heterocycles. The minimum Gasteiger partial charge on any atom is -0.349 e. The number of amides is 1. The normalized spacial score (nSPS) is 28.8. The molecule has 1 aromatic carbocycles. The Hall–Kier alpha value is -1.35. The molecule has 1 heterocycles. The van der Waals surface area contributed by atoms with Gasteiger partial charge in [-0.25, -0.2) is 0 Å². The average molecular weight is 353 g/mol. The summed E-state index contributed by atoms with van der Waals surface area (Å²) in [4.78, 5) is 15.2. The summed E-state index contributed by atoms with van der Waals surface area (Å²) in [6.07, 6.45) is 12.9. The van der Waals surface area contributed by atoms with Crippen molar-refractivity contribution < 1.29 is 4.79 Å². The zero-order chi connectivity index (χ0) is 17.6. The van der Waals surface area contributed by atoms with Gasteiger partial charge in [-0.3, -0.25) is 4.79 Å². The Bertz CT molecular complexity index is 667. The van der Waals surface area contributed by atoms with Gasteiger partial charge >= 0.3 is 0 Å². The van der Waals surface area contributed by atoms with E-state index in [1.807, 2.05) is 0 Å². The molecule has 1 aromatic rings. The van der Waals surface area contributed by atoms with Gasteiger partial charge in [0.05, 0.1) is 6.04 Å². The summed E-state index contributed by atoms with van der Waals surface area (Å²) in [7, 11) is 0. The van der Waals surface area contributed by atoms with Gasteiger partial charge < -0.3 is 10.2 Å². The van der Waals surface area contributed by atoms with Crippen LogP contribution in [0.15, 0.2) is 24.3 Å². The lowest BCUT2D eigenvalue weighted by Gasteiger charge is -2.44. The zero-order valence-corrected chi connectivity index (χ0v) is 15.9. The van der Waals surface area contributed by atoms with E-state index in [-0.39, 0.29) is 6.04 Å². The van der Waals surface area contributed by atoms with E-state index in [2.05, 4.69) is 34.5 Å². The Morgan fingerprint density at radius 1 is 1.00 bits per heavy atom. The van der Waals surface area contributed by atoms with E-state index in [4.69, 9.17) is 0 Å². The maximum atomic E-state index is 12.4. The molecule has 1 spiro atoms. The maximum Gasteiger partial charge on any atom is 0.223 e. The molecule has 3 aliphatic carbocycles. The van der Waals surface area contributed by atoms with Gasteiger partial charge in [0.2, 0.25) is 5.91 Å². The van der Waals surface area contributed by atoms with Crippen LogP contribution in [0.5, 0.6) is 0 Å². The highest BCUT2D eigenvalue weighted by Gasteiger charge is 2.47. The van der Waals surface area contributed by atoms with Crippen molar-refractivity contribution in [1.29, 1.82) is 0 Å². The highest BCUT2D eigenvalue weighted by atomic mass is 16.2. The summed E-state index contributed by atoms with van der Waals surface area (Å²) in [5.41, 5.74) is 3.22. The van der Waals surface area contributed by atoms with Gasteiger partial charge in [-0.1, -0.05) is 43.5 Å². The van der Waals surface area contributed by atoms with Crippen molar-refractivity contribution >= 4 is 5.91 Å². The quantitative estimate of drug-likeness (QED) is 0.878. The zero-order valence-electron chi connectivity index (χ0n) is 15.9. The van der Waals surface area contributed by atoms with Crippen molar-refractivity contribution in [2.75, 3.05) is 13.1 Å². The first kappa shape index (κ1) is 16.8. The van der Waals surface area contributed by atoms with Crippen LogP contribution in [0.2, 0.25) is 0 Å². The van der Waals surface area contributed by atoms with Gasteiger partial charge in [0, 0.05) is 17.4 Å². The number of hydrogen-bond donors (Lipinski definition) is 1. The number of carbonyl (C=O) groups is 1. The summed E-state index contributed by atoms with van der Waals surface area (Å²) in [5, 5.41) is 3.39. The lowest BCUT2D eigenvalue weighted by Crippen LogP contribution is -2.47. The van der Waals surface area contributed by atoms with Gasteiger partial charge in [0.1, 0.15) is 0 Å². The van der Waals surface area contributed by atoms with E-state index in [1.165, 1.54) is 69.2 Å². The molecule has 140 valence electrons. The summed E-state index contributed by atoms with van der Waals surface area (Å²) in [6, 6.07) is 10.0. The van der Waals surface area contributed by atoms with E-state index in [9.17, 15) is 4.79 Å². The summed E-state index contributed by atoms with van der Waals surface area (Å²) in [5.74, 6) is 0.591. The van der Waals surface area contributed by atoms with Crippen LogP contribution in [0.25, 0.3) is 0 Å². The van der Waals surface area contributed by atoms with Crippen molar-refractivity contribution in [2.45, 2.75) is 81.7 Å². The fraction of sp³-hybridized carbons (Fsp3) is 0.696. The smallest absolute Gasteiger partial charge is 0.223 e. The number of carbonyl (C=O) groups excluding carboxylic acids is 1. The molecular formula is C23H32N2O. The third-order valence-electron chi connectivity index (χ3n) is 7.61. The SMILES string of the molecule is O=C(N[C@H]1CC2(CCN(C3CCCCC3)CC2)c2ccccc21)C1CC1. The molecular weight excluding hydrogens is 320 g/mol. The number of nitrogens with zero attached hydrogens (tertiary/aromatic N) is 1. The maximum absolute atomic E-state index is 12.4. The van der Waals surface area contributed by atoms with Crippen molar-refractivity contribution in [3.63, 3.8) is 0 Å². The van der Waals surface area contributed by atoms with Crippen LogP contribution in [-0.2, 0) is 10.2 Å². The first-order chi connectivity index (χ1) is 12.8. The number of fused-ring (bicyclic) bond motifs is 2. The van der Waals surface area contributed by atoms with Gasteiger partial charge in [-0.2, -0.15) is 0 Å². The van der Waals surface area contributed by atoms with Gasteiger partial charge in [-0.05, 0) is 69.2 Å². The predicted octanol–water partition coefficient (Wildman–Crippen LogP) is 4.32. The van der Waals surface area contributed by atoms with Crippen molar-refractivity contribution in [3.8, 4) is 0 Å². The monoisotopic (exact) mass is 352 g/mol. The highest BCUT2D eigenvalue weighted by molar-refractivity contribution is 5.81. The molecule has 3 heteroatoms. The molecule has 0 bridgehead atoms. The third kappa shape index (κ3) is 2.98. The topological polar surface area (TPSA) is 32.3 Å². The standard InChI is InChI=1S/C23H32N2O/c26-22(17-10-11-17)24-21-16-23(20-9-5-4-8-19(20)21)12-14-25(15-13-23)18-6-2-1-3-7-18/h4-5,8-9,17-18,21H,1-3,6-7,10-16H2,(H,24,26)/t21-/m0/s1. The predicted molar refractivity (Wildman–Crippen MR) is 104 cm³/mol. The van der Waals surface area contributed by atoms with E-state index < -0.39 is 0 Å². The minimum atomic E-state index is 0.237. The molecule has 0 unspecified atom stereocenters. The molecule has 1 saturated heterocycles. The van der Waals surface area contributed by atoms with Crippen LogP contribution in [0.4, 0.5) is 0 Å². The fourth-order valence-electron chi connectivity index (χ4n) is 5.90. The molecule has 3 nitrogen and oxygen atoms in total. The molecule has 0 aromatic heterocycles. The highest BCUT2D eigenvalue weighted by Crippen LogP contribution is 2.51. The van der Waals surface area contributed by atoms with Crippen molar-refractivity contribution in [1.82, 2.24) is 10.2 Å². The average Bonchev–Trinajstić information content (AvgIpc) is 3.50. The van der Waals surface area contributed by atoms with Gasteiger partial charge in [-0.15, -0.1) is 0 Å². The number of likely N-dealkylation sites (tertiary alicyclic amines) is 1. The minimum absolute atomic E-state index is 0.237. The van der Waals surface area contributed by atoms with Crippen LogP contribution in [0.3, 0.4) is 0 Å². The first-order valence-electron chi connectivity index (χ1n) is 10.9. The van der Waals surface area contributed by atoms with E-state index in [0.29, 0.717) is 17.2 Å². The summed E-state index contributed by atoms with van der Waals surface area (Å²) >= 11 is 0. The van der Waals surface area contributed by atoms with Crippen molar-refractivity contribution in [3.05, 3.63) is 35.4 Å². The van der Waals surface area contributed by atoms with Gasteiger partial charge in [0.25, 0.3) is 0 Å². The first-order valence-corrected chi connectivity index (χ1v) is 10.9. The van der Waals surface area contributed by atoms with E-state index >= 15 is 0 Å². The Morgan fingerprint density at radius 3 is 2.46 bits per heavy atom. The Labute approximate surface area is 157 Å². The number of piperidine rings is 1. The molecule has 1 N–H and O–H groups in total. The van der Waals surface area contributed by atoms with E-state index in [1.54, 1.807) is 0 Å². The second kappa shape index (κ2) is 6.67. The Morgan fingerprint density at radius 2 is 1.73 bits per heavy atom. The molecule has 3 fully saturated rings. The Kier molecular flexibility index (Phi) is 4.31. The molecule has 5 rings (SSSR count). The van der Waals surface area contributed by atoms with Gasteiger partial charge in [0.15, 0.2) is 0 Å². The second-order valence-corrected chi connectivity index (χ2v) is 9.23. The van der Waals surface area contributed by atoms with Crippen molar-refractivity contribution in [2.24, 2.45) is 5.92 Å². The molecule has 2 saturated carbocycles. The summed E-state index contributed by atoms with van der Waals surface area (Å²) < 4.78 is 0. The van der Waals surface area contributed by atoms with Crippen LogP contribution in [-0.4, -0.2) is 29.9 Å². The third-order valence-corrected chi connectivity index (χ3v) is 7.61. The second-order valence-electron chi connectivity index (χ2n) is 9.23. The van der Waals surface area contributed by atoms with Crippen LogP contribution < -0.4 is 5.32 Å². The number of nitrogens with one attached hydrogen (secondary N) is 1. The molecule has 1 amide bonds. The number of rotatable bonds is 3. The van der Waals surface area contributed by atoms with Crippen LogP contribution in [0, 0.1) is 5.92 Å². The molecule has 4 aliphatic rings. The fourth-order valence-corrected chi connectivity index (χ4v) is 5.90. The van der Waals surface area contributed by atoms with Crippen LogP contribution in [0.1, 0.15) is 81.4 Å².